The van der Waals surface area contributed by atoms with Crippen molar-refractivity contribution in [2.24, 2.45) is 0 Å². The van der Waals surface area contributed by atoms with Crippen LogP contribution >= 0.6 is 0 Å². The highest BCUT2D eigenvalue weighted by atomic mass is 32.2. The Morgan fingerprint density at radius 3 is 2.88 bits per heavy atom. The molecule has 0 aliphatic carbocycles. The van der Waals surface area contributed by atoms with Gasteiger partial charge in [0, 0.05) is 32.2 Å². The molecule has 16 heavy (non-hydrogen) atoms. The van der Waals surface area contributed by atoms with Crippen LogP contribution in [0.2, 0.25) is 0 Å². The predicted molar refractivity (Wildman–Crippen MR) is 61.5 cm³/mol. The smallest absolute Gasteiger partial charge is 0.211 e. The second-order valence-corrected chi connectivity index (χ2v) is 5.84. The molecule has 2 heterocycles. The Labute approximate surface area is 94.4 Å². The number of hydrogen-bond donors (Lipinski definition) is 0. The van der Waals surface area contributed by atoms with Crippen molar-refractivity contribution in [3.8, 4) is 0 Å². The maximum Gasteiger partial charge on any atom is 0.211 e. The summed E-state index contributed by atoms with van der Waals surface area (Å²) in [6, 6.07) is 3.75. The van der Waals surface area contributed by atoms with Gasteiger partial charge in [-0.25, -0.2) is 17.7 Å². The van der Waals surface area contributed by atoms with Gasteiger partial charge in [-0.15, -0.1) is 0 Å². The lowest BCUT2D eigenvalue weighted by molar-refractivity contribution is 0.471. The van der Waals surface area contributed by atoms with Gasteiger partial charge in [0.1, 0.15) is 5.65 Å². The first-order chi connectivity index (χ1) is 7.47. The van der Waals surface area contributed by atoms with Crippen molar-refractivity contribution < 1.29 is 8.42 Å². The van der Waals surface area contributed by atoms with Crippen LogP contribution in [-0.4, -0.2) is 35.4 Å². The summed E-state index contributed by atoms with van der Waals surface area (Å²) in [6.07, 6.45) is 6.62. The van der Waals surface area contributed by atoms with Gasteiger partial charge in [0.25, 0.3) is 0 Å². The third kappa shape index (κ3) is 2.23. The Hall–Kier alpha value is -1.40. The molecular formula is C10H13N3O2S. The number of nitrogens with zero attached hydrogens (tertiary/aromatic N) is 3. The van der Waals surface area contributed by atoms with Gasteiger partial charge in [0.2, 0.25) is 10.0 Å². The molecule has 0 aromatic carbocycles. The molecule has 0 atom stereocenters. The number of sulfonamides is 1. The van der Waals surface area contributed by atoms with E-state index >= 15 is 0 Å². The van der Waals surface area contributed by atoms with Gasteiger partial charge < -0.3 is 4.40 Å². The molecule has 0 saturated carbocycles. The molecule has 86 valence electrons. The van der Waals surface area contributed by atoms with E-state index in [1.807, 2.05) is 28.9 Å². The van der Waals surface area contributed by atoms with Gasteiger partial charge in [-0.1, -0.05) is 6.07 Å². The summed E-state index contributed by atoms with van der Waals surface area (Å²) >= 11 is 0. The SMILES string of the molecule is CN(Cc1ccc2nccn2c1)S(C)(=O)=O. The normalized spacial score (nSPS) is 12.4. The van der Waals surface area contributed by atoms with Gasteiger partial charge in [0.15, 0.2) is 0 Å². The van der Waals surface area contributed by atoms with Crippen LogP contribution in [0.3, 0.4) is 0 Å². The molecule has 0 aliphatic heterocycles. The van der Waals surface area contributed by atoms with Gasteiger partial charge in [-0.05, 0) is 11.6 Å². The first-order valence-corrected chi connectivity index (χ1v) is 6.64. The van der Waals surface area contributed by atoms with Crippen molar-refractivity contribution in [2.75, 3.05) is 13.3 Å². The lowest BCUT2D eigenvalue weighted by Gasteiger charge is -2.13. The molecule has 5 nitrogen and oxygen atoms in total. The van der Waals surface area contributed by atoms with Gasteiger partial charge in [-0.2, -0.15) is 0 Å². The van der Waals surface area contributed by atoms with Gasteiger partial charge in [0.05, 0.1) is 6.26 Å². The minimum absolute atomic E-state index is 0.368. The largest absolute Gasteiger partial charge is 0.307 e. The summed E-state index contributed by atoms with van der Waals surface area (Å²) in [7, 11) is -1.57. The van der Waals surface area contributed by atoms with Crippen LogP contribution in [0.1, 0.15) is 5.56 Å². The molecule has 0 spiro atoms. The number of fused-ring (bicyclic) bond motifs is 1. The van der Waals surface area contributed by atoms with Crippen LogP contribution in [0.25, 0.3) is 5.65 Å². The van der Waals surface area contributed by atoms with Crippen LogP contribution in [0, 0.1) is 0 Å². The van der Waals surface area contributed by atoms with E-state index in [0.29, 0.717) is 6.54 Å². The topological polar surface area (TPSA) is 54.7 Å². The van der Waals surface area contributed by atoms with Crippen molar-refractivity contribution in [1.29, 1.82) is 0 Å². The van der Waals surface area contributed by atoms with Gasteiger partial charge >= 0.3 is 0 Å². The molecule has 2 aromatic rings. The van der Waals surface area contributed by atoms with E-state index in [4.69, 9.17) is 0 Å². The fourth-order valence-electron chi connectivity index (χ4n) is 1.43. The van der Waals surface area contributed by atoms with Crippen molar-refractivity contribution >= 4 is 15.7 Å². The maximum atomic E-state index is 11.3. The quantitative estimate of drug-likeness (QED) is 0.793. The van der Waals surface area contributed by atoms with Crippen molar-refractivity contribution in [1.82, 2.24) is 13.7 Å². The average Bonchev–Trinajstić information content (AvgIpc) is 2.63. The molecular weight excluding hydrogens is 226 g/mol. The average molecular weight is 239 g/mol. The highest BCUT2D eigenvalue weighted by molar-refractivity contribution is 7.88. The maximum absolute atomic E-state index is 11.3. The Morgan fingerprint density at radius 1 is 1.44 bits per heavy atom. The lowest BCUT2D eigenvalue weighted by atomic mass is 10.3. The Kier molecular flexibility index (Phi) is 2.69. The molecule has 0 bridgehead atoms. The zero-order valence-corrected chi connectivity index (χ0v) is 9.98. The van der Waals surface area contributed by atoms with Crippen molar-refractivity contribution in [3.63, 3.8) is 0 Å². The minimum atomic E-state index is -3.13. The summed E-state index contributed by atoms with van der Waals surface area (Å²) in [4.78, 5) is 4.12. The fourth-order valence-corrected chi connectivity index (χ4v) is 1.82. The van der Waals surface area contributed by atoms with Crippen molar-refractivity contribution in [3.05, 3.63) is 36.3 Å². The Bertz CT molecular complexity index is 603. The van der Waals surface area contributed by atoms with Gasteiger partial charge in [-0.3, -0.25) is 0 Å². The highest BCUT2D eigenvalue weighted by Crippen LogP contribution is 2.08. The van der Waals surface area contributed by atoms with Crippen LogP contribution < -0.4 is 0 Å². The first-order valence-electron chi connectivity index (χ1n) is 4.80. The van der Waals surface area contributed by atoms with E-state index in [1.165, 1.54) is 10.6 Å². The number of imidazole rings is 1. The van der Waals surface area contributed by atoms with Crippen molar-refractivity contribution in [2.45, 2.75) is 6.54 Å². The number of aromatic nitrogens is 2. The second-order valence-electron chi connectivity index (χ2n) is 3.75. The Morgan fingerprint density at radius 2 is 2.19 bits per heavy atom. The third-order valence-corrected chi connectivity index (χ3v) is 3.68. The molecule has 0 saturated heterocycles. The molecule has 0 amide bonds. The van der Waals surface area contributed by atoms with E-state index < -0.39 is 10.0 Å². The fraction of sp³-hybridized carbons (Fsp3) is 0.300. The summed E-state index contributed by atoms with van der Waals surface area (Å²) in [6.45, 7) is 0.368. The molecule has 0 fully saturated rings. The Balaban J connectivity index is 2.27. The summed E-state index contributed by atoms with van der Waals surface area (Å²) < 4.78 is 25.7. The first kappa shape index (κ1) is 11.1. The monoisotopic (exact) mass is 239 g/mol. The van der Waals surface area contributed by atoms with Crippen LogP contribution in [0.15, 0.2) is 30.7 Å². The molecule has 0 aliphatic rings. The summed E-state index contributed by atoms with van der Waals surface area (Å²) in [5.74, 6) is 0. The lowest BCUT2D eigenvalue weighted by Crippen LogP contribution is -2.24. The molecule has 0 unspecified atom stereocenters. The molecule has 6 heteroatoms. The minimum Gasteiger partial charge on any atom is -0.307 e. The third-order valence-electron chi connectivity index (χ3n) is 2.42. The predicted octanol–water partition coefficient (Wildman–Crippen LogP) is 0.726. The standard InChI is InChI=1S/C10H13N3O2S/c1-12(16(2,14)15)7-9-3-4-10-11-5-6-13(10)8-9/h3-6,8H,7H2,1-2H3. The summed E-state index contributed by atoms with van der Waals surface area (Å²) in [5.41, 5.74) is 1.78. The van der Waals surface area contributed by atoms with E-state index in [9.17, 15) is 8.42 Å². The van der Waals surface area contributed by atoms with Crippen LogP contribution in [-0.2, 0) is 16.6 Å². The molecule has 0 N–H and O–H groups in total. The second kappa shape index (κ2) is 3.88. The van der Waals surface area contributed by atoms with Crippen LogP contribution in [0.5, 0.6) is 0 Å². The van der Waals surface area contributed by atoms with E-state index in [1.54, 1.807) is 13.2 Å². The van der Waals surface area contributed by atoms with E-state index in [-0.39, 0.29) is 0 Å². The number of rotatable bonds is 3. The van der Waals surface area contributed by atoms with E-state index in [0.717, 1.165) is 11.2 Å². The van der Waals surface area contributed by atoms with Crippen LogP contribution in [0.4, 0.5) is 0 Å². The zero-order valence-electron chi connectivity index (χ0n) is 9.16. The number of hydrogen-bond acceptors (Lipinski definition) is 3. The van der Waals surface area contributed by atoms with E-state index in [2.05, 4.69) is 4.98 Å². The zero-order chi connectivity index (χ0) is 11.8. The molecule has 2 rings (SSSR count). The number of pyridine rings is 1. The molecule has 0 radical (unpaired) electrons. The molecule has 2 aromatic heterocycles. The summed E-state index contributed by atoms with van der Waals surface area (Å²) in [5, 5.41) is 0. The highest BCUT2D eigenvalue weighted by Gasteiger charge is 2.11.